The van der Waals surface area contributed by atoms with Crippen molar-refractivity contribution in [2.24, 2.45) is 10.7 Å². The molecule has 0 unspecified atom stereocenters. The molecule has 0 aromatic heterocycles. The van der Waals surface area contributed by atoms with E-state index in [0.717, 1.165) is 5.56 Å². The van der Waals surface area contributed by atoms with E-state index in [1.165, 1.54) is 6.07 Å². The van der Waals surface area contributed by atoms with E-state index in [4.69, 9.17) is 5.73 Å². The van der Waals surface area contributed by atoms with Crippen LogP contribution in [0, 0.1) is 6.92 Å². The van der Waals surface area contributed by atoms with Crippen LogP contribution in [0.4, 0.5) is 11.4 Å². The lowest BCUT2D eigenvalue weighted by Gasteiger charge is -2.29. The Labute approximate surface area is 80.4 Å². The third-order valence-corrected chi connectivity index (χ3v) is 2.01. The molecule has 0 fully saturated rings. The van der Waals surface area contributed by atoms with Gasteiger partial charge < -0.3 is 10.7 Å². The van der Waals surface area contributed by atoms with Gasteiger partial charge in [0.1, 0.15) is 0 Å². The van der Waals surface area contributed by atoms with Crippen molar-refractivity contribution in [2.45, 2.75) is 6.92 Å². The molecule has 1 heterocycles. The number of guanidine groups is 1. The molecular formula is C8H10N4O2. The number of hydrogen-bond acceptors (Lipinski definition) is 4. The van der Waals surface area contributed by atoms with Crippen molar-refractivity contribution in [3.63, 3.8) is 0 Å². The number of hydrogen-bond donors (Lipinski definition) is 3. The lowest BCUT2D eigenvalue weighted by Crippen LogP contribution is -2.43. The van der Waals surface area contributed by atoms with E-state index < -0.39 is 4.92 Å². The van der Waals surface area contributed by atoms with Gasteiger partial charge in [0.15, 0.2) is 0 Å². The molecular weight excluding hydrogens is 184 g/mol. The fourth-order valence-electron chi connectivity index (χ4n) is 1.36. The molecule has 0 radical (unpaired) electrons. The van der Waals surface area contributed by atoms with Crippen LogP contribution in [0.2, 0.25) is 0 Å². The molecule has 0 aliphatic carbocycles. The van der Waals surface area contributed by atoms with Crippen LogP contribution in [0.15, 0.2) is 23.2 Å². The molecule has 74 valence electrons. The van der Waals surface area contributed by atoms with Gasteiger partial charge >= 0.3 is 0 Å². The first-order chi connectivity index (χ1) is 6.50. The molecule has 1 aliphatic rings. The summed E-state index contributed by atoms with van der Waals surface area (Å²) in [5.74, 6) is -0.156. The first kappa shape index (κ1) is 8.95. The summed E-state index contributed by atoms with van der Waals surface area (Å²) in [5.41, 5.74) is 10.2. The van der Waals surface area contributed by atoms with E-state index >= 15 is 0 Å². The summed E-state index contributed by atoms with van der Waals surface area (Å²) in [6.07, 6.45) is 0. The number of nitrogens with two attached hydrogens (primary N) is 1. The molecule has 0 saturated heterocycles. The van der Waals surface area contributed by atoms with E-state index in [9.17, 15) is 10.4 Å². The van der Waals surface area contributed by atoms with Crippen LogP contribution in [0.25, 0.3) is 5.43 Å². The first-order valence-corrected chi connectivity index (χ1v) is 4.03. The van der Waals surface area contributed by atoms with Gasteiger partial charge in [0.25, 0.3) is 0 Å². The number of nitrogens with zero attached hydrogens (tertiary/aromatic N) is 3. The van der Waals surface area contributed by atoms with E-state index in [-0.39, 0.29) is 11.6 Å². The van der Waals surface area contributed by atoms with Gasteiger partial charge in [0.2, 0.25) is 5.69 Å². The van der Waals surface area contributed by atoms with E-state index in [0.29, 0.717) is 5.69 Å². The highest BCUT2D eigenvalue weighted by atomic mass is 16.9. The Morgan fingerprint density at radius 2 is 2.14 bits per heavy atom. The second-order valence-electron chi connectivity index (χ2n) is 3.08. The monoisotopic (exact) mass is 194 g/mol. The second kappa shape index (κ2) is 2.68. The lowest BCUT2D eigenvalue weighted by molar-refractivity contribution is -0.259. The topological polar surface area (TPSA) is 92.9 Å². The van der Waals surface area contributed by atoms with Crippen LogP contribution in [0.5, 0.6) is 0 Å². The summed E-state index contributed by atoms with van der Waals surface area (Å²) < 4.78 is 0. The molecule has 0 saturated carbocycles. The van der Waals surface area contributed by atoms with Gasteiger partial charge in [-0.25, -0.2) is 0 Å². The molecule has 14 heavy (non-hydrogen) atoms. The van der Waals surface area contributed by atoms with Crippen LogP contribution in [0.3, 0.4) is 0 Å². The molecule has 4 N–H and O–H groups in total. The Morgan fingerprint density at radius 3 is 2.86 bits per heavy atom. The smallest absolute Gasteiger partial charge is 0.227 e. The molecule has 1 aliphatic heterocycles. The van der Waals surface area contributed by atoms with Crippen LogP contribution in [-0.4, -0.2) is 16.4 Å². The average Bonchev–Trinajstić information content (AvgIpc) is 2.05. The van der Waals surface area contributed by atoms with Crippen molar-refractivity contribution in [1.82, 2.24) is 4.92 Å². The van der Waals surface area contributed by atoms with Gasteiger partial charge in [0, 0.05) is 6.07 Å². The Kier molecular flexibility index (Phi) is 1.71. The lowest BCUT2D eigenvalue weighted by atomic mass is 10.1. The number of aliphatic imine (C=N–C) groups is 1. The summed E-state index contributed by atoms with van der Waals surface area (Å²) in [6.45, 7) is 1.81. The molecule has 0 amide bonds. The molecule has 6 nitrogen and oxygen atoms in total. The van der Waals surface area contributed by atoms with Gasteiger partial charge in [0.05, 0.1) is 16.6 Å². The molecule has 0 spiro atoms. The second-order valence-corrected chi connectivity index (χ2v) is 3.08. The highest BCUT2D eigenvalue weighted by molar-refractivity contribution is 5.97. The first-order valence-electron chi connectivity index (χ1n) is 4.03. The molecule has 2 rings (SSSR count). The zero-order valence-electron chi connectivity index (χ0n) is 7.55. The normalized spacial score (nSPS) is 18.1. The number of fused-ring (bicyclic) bond motifs is 1. The van der Waals surface area contributed by atoms with Gasteiger partial charge in [-0.15, -0.1) is 5.43 Å². The molecule has 1 aromatic rings. The minimum absolute atomic E-state index is 0.156. The zero-order valence-corrected chi connectivity index (χ0v) is 7.55. The molecule has 0 bridgehead atoms. The predicted molar refractivity (Wildman–Crippen MR) is 51.2 cm³/mol. The summed E-state index contributed by atoms with van der Waals surface area (Å²) in [7, 11) is 0. The van der Waals surface area contributed by atoms with Crippen molar-refractivity contribution < 1.29 is 10.4 Å². The third kappa shape index (κ3) is 1.22. The van der Waals surface area contributed by atoms with Gasteiger partial charge in [-0.1, -0.05) is 12.1 Å². The number of aryl methyl sites for hydroxylation is 1. The average molecular weight is 194 g/mol. The Hall–Kier alpha value is -1.63. The number of quaternary nitrogens is 1. The minimum Gasteiger partial charge on any atom is -0.449 e. The summed E-state index contributed by atoms with van der Waals surface area (Å²) >= 11 is 0. The highest BCUT2D eigenvalue weighted by Gasteiger charge is 2.32. The maximum absolute atomic E-state index is 9.49. The fourth-order valence-corrected chi connectivity index (χ4v) is 1.36. The minimum atomic E-state index is -1.59. The quantitative estimate of drug-likeness (QED) is 0.544. The van der Waals surface area contributed by atoms with Crippen LogP contribution < -0.4 is 10.7 Å². The van der Waals surface area contributed by atoms with E-state index in [1.54, 1.807) is 19.1 Å². The molecule has 6 heteroatoms. The number of rotatable bonds is 0. The largest absolute Gasteiger partial charge is 0.449 e. The maximum atomic E-state index is 9.49. The number of benzene rings is 1. The van der Waals surface area contributed by atoms with Crippen LogP contribution in [0.1, 0.15) is 5.56 Å². The van der Waals surface area contributed by atoms with Gasteiger partial charge in [-0.3, -0.25) is 0 Å². The van der Waals surface area contributed by atoms with E-state index in [2.05, 4.69) is 10.4 Å². The Balaban J connectivity index is 2.69. The summed E-state index contributed by atoms with van der Waals surface area (Å²) in [5, 5.41) is 19.0. The van der Waals surface area contributed by atoms with Crippen molar-refractivity contribution in [2.75, 3.05) is 0 Å². The van der Waals surface area contributed by atoms with Crippen molar-refractivity contribution in [3.8, 4) is 0 Å². The standard InChI is InChI=1S/C8H10N4O2/c1-5-3-2-4-6-7(5)10-8(9)11-12(6,13)14/h2-4,13-14H,1H3,(H2,9,10). The van der Waals surface area contributed by atoms with Gasteiger partial charge in [-0.05, 0) is 12.5 Å². The number of para-hydroxylation sites is 1. The SMILES string of the molecule is Cc1cccc2c1N=C(N)[N-][N+]2(O)O. The van der Waals surface area contributed by atoms with E-state index in [1.807, 2.05) is 0 Å². The van der Waals surface area contributed by atoms with Crippen LogP contribution >= 0.6 is 0 Å². The van der Waals surface area contributed by atoms with Gasteiger partial charge in [-0.2, -0.15) is 10.4 Å². The van der Waals surface area contributed by atoms with Crippen LogP contribution in [-0.2, 0) is 0 Å². The Morgan fingerprint density at radius 1 is 1.43 bits per heavy atom. The Bertz CT molecular complexity index is 414. The molecule has 0 atom stereocenters. The highest BCUT2D eigenvalue weighted by Crippen LogP contribution is 2.39. The molecule has 1 aromatic carbocycles. The summed E-state index contributed by atoms with van der Waals surface area (Å²) in [4.78, 5) is 2.34. The fraction of sp³-hybridized carbons (Fsp3) is 0.125. The van der Waals surface area contributed by atoms with Crippen molar-refractivity contribution >= 4 is 17.3 Å². The van der Waals surface area contributed by atoms with Crippen molar-refractivity contribution in [1.29, 1.82) is 0 Å². The predicted octanol–water partition coefficient (Wildman–Crippen LogP) is 1.33. The third-order valence-electron chi connectivity index (χ3n) is 2.01. The van der Waals surface area contributed by atoms with Crippen molar-refractivity contribution in [3.05, 3.63) is 29.2 Å². The summed E-state index contributed by atoms with van der Waals surface area (Å²) in [6, 6.07) is 5.03. The zero-order chi connectivity index (χ0) is 10.3. The maximum Gasteiger partial charge on any atom is 0.227 e.